The largest absolute Gasteiger partial charge is 0.393 e. The monoisotopic (exact) mass is 456 g/mol. The van der Waals surface area contributed by atoms with Gasteiger partial charge in [-0.05, 0) is 92.3 Å². The molecule has 4 aliphatic carbocycles. The maximum atomic E-state index is 13.9. The number of hydrogen-bond donors (Lipinski definition) is 2. The quantitative estimate of drug-likeness (QED) is 0.457. The van der Waals surface area contributed by atoms with Gasteiger partial charge in [-0.15, -0.1) is 0 Å². The third-order valence-electron chi connectivity index (χ3n) is 11.8. The SMILES string of the molecule is C=C(C)[C@H](O)CC[C@H](C)[C@@H]1CC[C@]2(C)C3=C(CC[C@@]12C)[C@@]1(C)CC[C@H](O)C(C)(C)[C@@H]1CC3=O. The van der Waals surface area contributed by atoms with Crippen LogP contribution in [-0.4, -0.2) is 28.2 Å². The fourth-order valence-corrected chi connectivity index (χ4v) is 9.17. The van der Waals surface area contributed by atoms with E-state index >= 15 is 0 Å². The maximum Gasteiger partial charge on any atom is 0.159 e. The molecule has 186 valence electrons. The van der Waals surface area contributed by atoms with Crippen LogP contribution >= 0.6 is 0 Å². The second-order valence-corrected chi connectivity index (χ2v) is 13.6. The zero-order valence-electron chi connectivity index (χ0n) is 22.3. The predicted molar refractivity (Wildman–Crippen MR) is 135 cm³/mol. The summed E-state index contributed by atoms with van der Waals surface area (Å²) in [7, 11) is 0. The van der Waals surface area contributed by atoms with Crippen LogP contribution in [0, 0.1) is 39.4 Å². The van der Waals surface area contributed by atoms with Gasteiger partial charge in [-0.3, -0.25) is 4.79 Å². The van der Waals surface area contributed by atoms with E-state index < -0.39 is 6.10 Å². The number of rotatable bonds is 5. The van der Waals surface area contributed by atoms with Crippen LogP contribution in [0.5, 0.6) is 0 Å². The first-order chi connectivity index (χ1) is 15.2. The molecule has 0 amide bonds. The molecule has 8 atom stereocenters. The summed E-state index contributed by atoms with van der Waals surface area (Å²) in [5.41, 5.74) is 3.38. The lowest BCUT2D eigenvalue weighted by molar-refractivity contribution is -0.134. The van der Waals surface area contributed by atoms with Gasteiger partial charge >= 0.3 is 0 Å². The Morgan fingerprint density at radius 1 is 1.09 bits per heavy atom. The smallest absolute Gasteiger partial charge is 0.159 e. The normalized spacial score (nSPS) is 44.0. The van der Waals surface area contributed by atoms with E-state index in [2.05, 4.69) is 48.1 Å². The van der Waals surface area contributed by atoms with Crippen LogP contribution in [0.1, 0.15) is 106 Å². The summed E-state index contributed by atoms with van der Waals surface area (Å²) in [6.45, 7) is 19.8. The van der Waals surface area contributed by atoms with Crippen molar-refractivity contribution in [2.45, 2.75) is 118 Å². The van der Waals surface area contributed by atoms with Crippen molar-refractivity contribution in [2.75, 3.05) is 0 Å². The van der Waals surface area contributed by atoms with Crippen molar-refractivity contribution in [2.24, 2.45) is 39.4 Å². The first-order valence-electron chi connectivity index (χ1n) is 13.5. The molecular formula is C30H48O3. The summed E-state index contributed by atoms with van der Waals surface area (Å²) in [5, 5.41) is 21.1. The second-order valence-electron chi connectivity index (χ2n) is 13.6. The van der Waals surface area contributed by atoms with E-state index in [1.165, 1.54) is 17.6 Å². The molecule has 4 aliphatic rings. The third kappa shape index (κ3) is 3.46. The van der Waals surface area contributed by atoms with Crippen molar-refractivity contribution in [3.05, 3.63) is 23.3 Å². The third-order valence-corrected chi connectivity index (χ3v) is 11.8. The van der Waals surface area contributed by atoms with Gasteiger partial charge < -0.3 is 10.2 Å². The fraction of sp³-hybridized carbons (Fsp3) is 0.833. The minimum absolute atomic E-state index is 0.0333. The van der Waals surface area contributed by atoms with Crippen molar-refractivity contribution in [3.8, 4) is 0 Å². The molecule has 3 nitrogen and oxygen atoms in total. The maximum absolute atomic E-state index is 13.9. The molecule has 0 aromatic heterocycles. The number of carbonyl (C=O) groups excluding carboxylic acids is 1. The number of allylic oxidation sites excluding steroid dienone is 2. The molecule has 0 aromatic rings. The van der Waals surface area contributed by atoms with E-state index in [1.54, 1.807) is 0 Å². The number of Topliss-reactive ketones (excluding diaryl/α,β-unsaturated/α-hetero) is 1. The van der Waals surface area contributed by atoms with Gasteiger partial charge in [0.25, 0.3) is 0 Å². The van der Waals surface area contributed by atoms with Crippen molar-refractivity contribution in [3.63, 3.8) is 0 Å². The van der Waals surface area contributed by atoms with Crippen LogP contribution in [0.3, 0.4) is 0 Å². The van der Waals surface area contributed by atoms with Crippen LogP contribution in [-0.2, 0) is 4.79 Å². The molecule has 2 N–H and O–H groups in total. The van der Waals surface area contributed by atoms with Crippen LogP contribution in [0.2, 0.25) is 0 Å². The summed E-state index contributed by atoms with van der Waals surface area (Å²) >= 11 is 0. The molecule has 0 spiro atoms. The van der Waals surface area contributed by atoms with Crippen molar-refractivity contribution >= 4 is 5.78 Å². The zero-order chi connectivity index (χ0) is 24.6. The highest BCUT2D eigenvalue weighted by Crippen LogP contribution is 2.71. The van der Waals surface area contributed by atoms with Gasteiger partial charge in [-0.2, -0.15) is 0 Å². The number of aliphatic hydroxyl groups is 2. The standard InChI is InChI=1S/C30H48O3/c1-18(2)22(31)10-9-19(3)20-11-16-30(8)26-21(12-15-29(20,30)7)28(6)14-13-25(33)27(4,5)24(28)17-23(26)32/h19-20,22,24-25,31,33H,1,9-17H2,2-8H3/t19-,20-,22+,24-,25-,28+,29-,30+/m0/s1. The lowest BCUT2D eigenvalue weighted by Gasteiger charge is -2.61. The van der Waals surface area contributed by atoms with Crippen LogP contribution in [0.15, 0.2) is 23.3 Å². The van der Waals surface area contributed by atoms with Crippen LogP contribution < -0.4 is 0 Å². The summed E-state index contributed by atoms with van der Waals surface area (Å²) in [5.74, 6) is 1.71. The van der Waals surface area contributed by atoms with Gasteiger partial charge in [0, 0.05) is 17.4 Å². The highest BCUT2D eigenvalue weighted by molar-refractivity contribution is 5.99. The van der Waals surface area contributed by atoms with E-state index in [9.17, 15) is 15.0 Å². The number of carbonyl (C=O) groups is 1. The van der Waals surface area contributed by atoms with Gasteiger partial charge in [0.05, 0.1) is 12.2 Å². The van der Waals surface area contributed by atoms with Crippen LogP contribution in [0.4, 0.5) is 0 Å². The molecule has 0 saturated heterocycles. The summed E-state index contributed by atoms with van der Waals surface area (Å²) < 4.78 is 0. The molecule has 0 heterocycles. The van der Waals surface area contributed by atoms with Gasteiger partial charge in [-0.1, -0.05) is 59.3 Å². The van der Waals surface area contributed by atoms with E-state index in [-0.39, 0.29) is 33.7 Å². The number of ketones is 1. The van der Waals surface area contributed by atoms with E-state index in [1.807, 2.05) is 6.92 Å². The zero-order valence-corrected chi connectivity index (χ0v) is 22.3. The minimum atomic E-state index is -0.407. The van der Waals surface area contributed by atoms with Gasteiger partial charge in [0.15, 0.2) is 5.78 Å². The Labute approximate surface area is 202 Å². The van der Waals surface area contributed by atoms with Gasteiger partial charge in [0.1, 0.15) is 0 Å². The van der Waals surface area contributed by atoms with Crippen molar-refractivity contribution in [1.82, 2.24) is 0 Å². The Hall–Kier alpha value is -0.930. The first-order valence-corrected chi connectivity index (χ1v) is 13.5. The highest BCUT2D eigenvalue weighted by Gasteiger charge is 2.65. The Morgan fingerprint density at radius 2 is 1.76 bits per heavy atom. The number of hydrogen-bond acceptors (Lipinski definition) is 3. The Kier molecular flexibility index (Phi) is 6.14. The van der Waals surface area contributed by atoms with Gasteiger partial charge in [-0.25, -0.2) is 0 Å². The molecule has 2 fully saturated rings. The van der Waals surface area contributed by atoms with E-state index in [0.29, 0.717) is 24.0 Å². The Bertz CT molecular complexity index is 868. The molecular weight excluding hydrogens is 408 g/mol. The summed E-state index contributed by atoms with van der Waals surface area (Å²) in [4.78, 5) is 13.9. The lowest BCUT2D eigenvalue weighted by atomic mass is 9.43. The fourth-order valence-electron chi connectivity index (χ4n) is 9.17. The molecule has 0 bridgehead atoms. The highest BCUT2D eigenvalue weighted by atomic mass is 16.3. The summed E-state index contributed by atoms with van der Waals surface area (Å²) in [6, 6.07) is 0. The molecule has 2 saturated carbocycles. The molecule has 0 unspecified atom stereocenters. The molecule has 33 heavy (non-hydrogen) atoms. The average molecular weight is 457 g/mol. The topological polar surface area (TPSA) is 57.5 Å². The Morgan fingerprint density at radius 3 is 2.39 bits per heavy atom. The predicted octanol–water partition coefficient (Wildman–Crippen LogP) is 6.63. The lowest BCUT2D eigenvalue weighted by Crippen LogP contribution is -2.57. The molecule has 0 aromatic carbocycles. The van der Waals surface area contributed by atoms with E-state index in [4.69, 9.17) is 0 Å². The number of aliphatic hydroxyl groups excluding tert-OH is 2. The van der Waals surface area contributed by atoms with Gasteiger partial charge in [0.2, 0.25) is 0 Å². The number of fused-ring (bicyclic) bond motifs is 4. The first kappa shape index (κ1) is 25.2. The molecule has 4 rings (SSSR count). The Balaban J connectivity index is 1.68. The minimum Gasteiger partial charge on any atom is -0.393 e. The van der Waals surface area contributed by atoms with Crippen molar-refractivity contribution in [1.29, 1.82) is 0 Å². The average Bonchev–Trinajstić information content (AvgIpc) is 3.02. The van der Waals surface area contributed by atoms with Crippen molar-refractivity contribution < 1.29 is 15.0 Å². The summed E-state index contributed by atoms with van der Waals surface area (Å²) in [6.07, 6.45) is 7.95. The molecule has 0 radical (unpaired) electrons. The molecule has 0 aliphatic heterocycles. The van der Waals surface area contributed by atoms with Crippen LogP contribution in [0.25, 0.3) is 0 Å². The molecule has 3 heteroatoms. The van der Waals surface area contributed by atoms with E-state index in [0.717, 1.165) is 50.5 Å². The second kappa shape index (κ2) is 8.05.